The maximum atomic E-state index is 13.0. The van der Waals surface area contributed by atoms with E-state index in [0.29, 0.717) is 32.6 Å². The van der Waals surface area contributed by atoms with Gasteiger partial charge in [0.25, 0.3) is 0 Å². The van der Waals surface area contributed by atoms with E-state index in [9.17, 15) is 9.59 Å². The molecule has 1 heterocycles. The number of hydrogen-bond donors (Lipinski definition) is 2. The first kappa shape index (κ1) is 22.9. The molecule has 31 heavy (non-hydrogen) atoms. The van der Waals surface area contributed by atoms with Crippen molar-refractivity contribution in [3.05, 3.63) is 46.4 Å². The monoisotopic (exact) mass is 462 g/mol. The summed E-state index contributed by atoms with van der Waals surface area (Å²) in [5.74, 6) is 0.261. The molecule has 0 spiro atoms. The van der Waals surface area contributed by atoms with Crippen molar-refractivity contribution in [3.63, 3.8) is 0 Å². The number of imidazole rings is 1. The zero-order valence-corrected chi connectivity index (χ0v) is 19.4. The third kappa shape index (κ3) is 5.29. The smallest absolute Gasteiger partial charge is 0.408 e. The van der Waals surface area contributed by atoms with Gasteiger partial charge in [-0.2, -0.15) is 0 Å². The number of fused-ring (bicyclic) bond motifs is 1. The van der Waals surface area contributed by atoms with Gasteiger partial charge in [0.15, 0.2) is 0 Å². The topological polar surface area (TPSA) is 87.3 Å². The molecule has 0 bridgehead atoms. The fourth-order valence-electron chi connectivity index (χ4n) is 3.05. The molecule has 1 unspecified atom stereocenters. The van der Waals surface area contributed by atoms with Crippen LogP contribution in [0.1, 0.15) is 27.7 Å². The number of para-hydroxylation sites is 1. The van der Waals surface area contributed by atoms with Gasteiger partial charge in [-0.1, -0.05) is 35.3 Å². The molecule has 0 saturated heterocycles. The van der Waals surface area contributed by atoms with Gasteiger partial charge in [0.1, 0.15) is 17.5 Å². The van der Waals surface area contributed by atoms with Crippen LogP contribution >= 0.6 is 23.2 Å². The zero-order chi connectivity index (χ0) is 22.9. The van der Waals surface area contributed by atoms with E-state index in [1.54, 1.807) is 52.9 Å². The van der Waals surface area contributed by atoms with Crippen molar-refractivity contribution in [1.29, 1.82) is 0 Å². The third-order valence-electron chi connectivity index (χ3n) is 4.48. The second-order valence-corrected chi connectivity index (χ2v) is 8.97. The van der Waals surface area contributed by atoms with Gasteiger partial charge in [0, 0.05) is 12.6 Å². The van der Waals surface area contributed by atoms with Gasteiger partial charge in [-0.3, -0.25) is 4.79 Å². The summed E-state index contributed by atoms with van der Waals surface area (Å²) in [4.78, 5) is 34.3. The largest absolute Gasteiger partial charge is 0.444 e. The number of aromatic nitrogens is 2. The van der Waals surface area contributed by atoms with Crippen LogP contribution in [0.15, 0.2) is 36.4 Å². The molecule has 0 fully saturated rings. The lowest BCUT2D eigenvalue weighted by Crippen LogP contribution is -2.47. The Labute approximate surface area is 190 Å². The number of nitrogens with zero attached hydrogens (tertiary/aromatic N) is 2. The third-order valence-corrected chi connectivity index (χ3v) is 5.20. The average molecular weight is 463 g/mol. The summed E-state index contributed by atoms with van der Waals surface area (Å²) in [7, 11) is 1.64. The van der Waals surface area contributed by atoms with Crippen LogP contribution < -0.4 is 10.2 Å². The van der Waals surface area contributed by atoms with Gasteiger partial charge in [-0.05, 0) is 52.0 Å². The molecule has 9 heteroatoms. The van der Waals surface area contributed by atoms with Crippen molar-refractivity contribution in [2.75, 3.05) is 11.9 Å². The molecule has 2 amide bonds. The van der Waals surface area contributed by atoms with E-state index in [0.717, 1.165) is 5.52 Å². The predicted octanol–water partition coefficient (Wildman–Crippen LogP) is 5.41. The molecule has 1 atom stereocenters. The number of anilines is 1. The quantitative estimate of drug-likeness (QED) is 0.542. The number of ether oxygens (including phenoxy) is 1. The number of alkyl carbamates (subject to hydrolysis) is 1. The first-order chi connectivity index (χ1) is 14.5. The Hall–Kier alpha value is -2.77. The molecule has 2 N–H and O–H groups in total. The summed E-state index contributed by atoms with van der Waals surface area (Å²) in [5, 5.41) is 3.41. The van der Waals surface area contributed by atoms with Crippen LogP contribution in [-0.4, -0.2) is 40.7 Å². The summed E-state index contributed by atoms with van der Waals surface area (Å²) >= 11 is 12.2. The zero-order valence-electron chi connectivity index (χ0n) is 17.9. The SMILES string of the molecule is CC(NC(=O)OC(C)(C)C)C(=O)N(C)c1ccccc1-c1nc2cc(Cl)c(Cl)cc2[nH]1. The van der Waals surface area contributed by atoms with Crippen LogP contribution in [0, 0.1) is 0 Å². The lowest BCUT2D eigenvalue weighted by molar-refractivity contribution is -0.120. The van der Waals surface area contributed by atoms with Crippen LogP contribution in [0.25, 0.3) is 22.4 Å². The standard InChI is InChI=1S/C22H24Cl2N4O3/c1-12(25-21(30)31-22(2,3)4)20(29)28(5)18-9-7-6-8-13(18)19-26-16-10-14(23)15(24)11-17(16)27-19/h6-12H,1-5H3,(H,25,30)(H,26,27). The highest BCUT2D eigenvalue weighted by Crippen LogP contribution is 2.32. The summed E-state index contributed by atoms with van der Waals surface area (Å²) in [6.07, 6.45) is -0.652. The molecule has 0 aliphatic carbocycles. The minimum atomic E-state index is -0.791. The van der Waals surface area contributed by atoms with Crippen LogP contribution in [0.2, 0.25) is 10.0 Å². The van der Waals surface area contributed by atoms with Gasteiger partial charge in [0.2, 0.25) is 5.91 Å². The van der Waals surface area contributed by atoms with Crippen LogP contribution in [0.4, 0.5) is 10.5 Å². The average Bonchev–Trinajstić information content (AvgIpc) is 3.08. The number of carbonyl (C=O) groups is 2. The van der Waals surface area contributed by atoms with E-state index in [1.807, 2.05) is 18.2 Å². The van der Waals surface area contributed by atoms with Gasteiger partial charge >= 0.3 is 6.09 Å². The Balaban J connectivity index is 1.87. The Kier molecular flexibility index (Phi) is 6.48. The number of aromatic amines is 1. The Morgan fingerprint density at radius 1 is 1.16 bits per heavy atom. The van der Waals surface area contributed by atoms with Crippen LogP contribution in [0.3, 0.4) is 0 Å². The highest BCUT2D eigenvalue weighted by atomic mass is 35.5. The van der Waals surface area contributed by atoms with Gasteiger partial charge < -0.3 is 19.9 Å². The van der Waals surface area contributed by atoms with E-state index in [-0.39, 0.29) is 5.91 Å². The normalized spacial score (nSPS) is 12.5. The minimum Gasteiger partial charge on any atom is -0.444 e. The summed E-state index contributed by atoms with van der Waals surface area (Å²) < 4.78 is 5.23. The number of H-pyrrole nitrogens is 1. The number of rotatable bonds is 4. The van der Waals surface area contributed by atoms with E-state index in [4.69, 9.17) is 27.9 Å². The van der Waals surface area contributed by atoms with Crippen molar-refractivity contribution in [1.82, 2.24) is 15.3 Å². The number of carbonyl (C=O) groups excluding carboxylic acids is 2. The summed E-state index contributed by atoms with van der Waals surface area (Å²) in [6, 6.07) is 9.94. The second kappa shape index (κ2) is 8.77. The number of halogens is 2. The van der Waals surface area contributed by atoms with Crippen LogP contribution in [-0.2, 0) is 9.53 Å². The number of nitrogens with one attached hydrogen (secondary N) is 2. The summed E-state index contributed by atoms with van der Waals surface area (Å²) in [6.45, 7) is 6.88. The Bertz CT molecular complexity index is 1100. The molecular weight excluding hydrogens is 439 g/mol. The highest BCUT2D eigenvalue weighted by molar-refractivity contribution is 6.42. The van der Waals surface area contributed by atoms with Gasteiger partial charge in [-0.25, -0.2) is 9.78 Å². The number of hydrogen-bond acceptors (Lipinski definition) is 4. The van der Waals surface area contributed by atoms with Crippen molar-refractivity contribution in [2.24, 2.45) is 0 Å². The lowest BCUT2D eigenvalue weighted by Gasteiger charge is -2.25. The van der Waals surface area contributed by atoms with E-state index >= 15 is 0 Å². The fourth-order valence-corrected chi connectivity index (χ4v) is 3.38. The molecule has 0 aliphatic rings. The predicted molar refractivity (Wildman–Crippen MR) is 124 cm³/mol. The first-order valence-corrected chi connectivity index (χ1v) is 10.4. The van der Waals surface area contributed by atoms with E-state index in [1.165, 1.54) is 4.90 Å². The maximum absolute atomic E-state index is 13.0. The molecule has 0 radical (unpaired) electrons. The van der Waals surface area contributed by atoms with E-state index in [2.05, 4.69) is 15.3 Å². The highest BCUT2D eigenvalue weighted by Gasteiger charge is 2.25. The number of likely N-dealkylation sites (N-methyl/N-ethyl adjacent to an activating group) is 1. The molecule has 0 aliphatic heterocycles. The molecule has 164 valence electrons. The van der Waals surface area contributed by atoms with Crippen molar-refractivity contribution in [2.45, 2.75) is 39.3 Å². The maximum Gasteiger partial charge on any atom is 0.408 e. The first-order valence-electron chi connectivity index (χ1n) is 9.67. The molecular formula is C22H24Cl2N4O3. The van der Waals surface area contributed by atoms with Gasteiger partial charge in [0.05, 0.1) is 26.8 Å². The van der Waals surface area contributed by atoms with Gasteiger partial charge in [-0.15, -0.1) is 0 Å². The van der Waals surface area contributed by atoms with Crippen LogP contribution in [0.5, 0.6) is 0 Å². The second-order valence-electron chi connectivity index (χ2n) is 8.15. The molecule has 2 aromatic carbocycles. The number of amides is 2. The van der Waals surface area contributed by atoms with Crippen molar-refractivity contribution < 1.29 is 14.3 Å². The Morgan fingerprint density at radius 2 is 1.81 bits per heavy atom. The molecule has 7 nitrogen and oxygen atoms in total. The lowest BCUT2D eigenvalue weighted by atomic mass is 10.1. The molecule has 3 rings (SSSR count). The molecule has 1 aromatic heterocycles. The fraction of sp³-hybridized carbons (Fsp3) is 0.318. The number of benzene rings is 2. The minimum absolute atomic E-state index is 0.305. The molecule has 3 aromatic rings. The Morgan fingerprint density at radius 3 is 2.48 bits per heavy atom. The van der Waals surface area contributed by atoms with E-state index < -0.39 is 17.7 Å². The van der Waals surface area contributed by atoms with Crippen molar-refractivity contribution >= 4 is 51.9 Å². The van der Waals surface area contributed by atoms with Crippen molar-refractivity contribution in [3.8, 4) is 11.4 Å². The summed E-state index contributed by atoms with van der Waals surface area (Å²) in [5.41, 5.74) is 2.08. The molecule has 0 saturated carbocycles.